The summed E-state index contributed by atoms with van der Waals surface area (Å²) >= 11 is 6.17. The number of halogens is 1. The molecular weight excluding hydrogens is 384 g/mol. The molecule has 0 saturated carbocycles. The highest BCUT2D eigenvalue weighted by Crippen LogP contribution is 2.24. The highest BCUT2D eigenvalue weighted by Gasteiger charge is 2.19. The van der Waals surface area contributed by atoms with Gasteiger partial charge in [-0.25, -0.2) is 8.42 Å². The molecule has 0 bridgehead atoms. The molecule has 0 aliphatic heterocycles. The minimum absolute atomic E-state index is 0.0925. The number of hydrogen-bond donors (Lipinski definition) is 1. The van der Waals surface area contributed by atoms with Crippen molar-refractivity contribution in [1.29, 1.82) is 0 Å². The summed E-state index contributed by atoms with van der Waals surface area (Å²) in [4.78, 5) is 12.3. The molecule has 146 valence electrons. The molecule has 0 unspecified atom stereocenters. The molecule has 1 atom stereocenters. The van der Waals surface area contributed by atoms with Gasteiger partial charge < -0.3 is 5.32 Å². The molecule has 0 aromatic heterocycles. The molecule has 27 heavy (non-hydrogen) atoms. The number of hydrogen-bond acceptors (Lipinski definition) is 3. The molecular formula is C20H25ClN2O3S. The summed E-state index contributed by atoms with van der Waals surface area (Å²) in [5, 5.41) is 3.44. The van der Waals surface area contributed by atoms with E-state index in [9.17, 15) is 13.2 Å². The molecule has 0 aliphatic rings. The Morgan fingerprint density at radius 2 is 1.78 bits per heavy atom. The number of nitrogens with one attached hydrogen (secondary N) is 1. The minimum atomic E-state index is -3.52. The van der Waals surface area contributed by atoms with Crippen molar-refractivity contribution in [3.05, 3.63) is 64.7 Å². The van der Waals surface area contributed by atoms with Gasteiger partial charge in [-0.3, -0.25) is 9.10 Å². The van der Waals surface area contributed by atoms with Crippen molar-refractivity contribution >= 4 is 33.2 Å². The first-order valence-corrected chi connectivity index (χ1v) is 11.1. The fourth-order valence-electron chi connectivity index (χ4n) is 2.77. The van der Waals surface area contributed by atoms with Gasteiger partial charge in [-0.15, -0.1) is 0 Å². The molecule has 2 aromatic rings. The summed E-state index contributed by atoms with van der Waals surface area (Å²) in [6.07, 6.45) is 3.05. The van der Waals surface area contributed by atoms with Gasteiger partial charge >= 0.3 is 0 Å². The maximum Gasteiger partial charge on any atom is 0.251 e. The Kier molecular flexibility index (Phi) is 7.27. The Balaban J connectivity index is 2.23. The molecule has 2 rings (SSSR count). The zero-order valence-corrected chi connectivity index (χ0v) is 17.3. The van der Waals surface area contributed by atoms with Crippen LogP contribution in [0.5, 0.6) is 0 Å². The van der Waals surface area contributed by atoms with Crippen molar-refractivity contribution in [1.82, 2.24) is 5.32 Å². The SMILES string of the molecule is CCC[C@H](C)NC(=O)c1ccc(N(Cc2ccccc2Cl)S(C)(=O)=O)cc1. The summed E-state index contributed by atoms with van der Waals surface area (Å²) in [5.74, 6) is -0.167. The lowest BCUT2D eigenvalue weighted by molar-refractivity contribution is 0.0938. The van der Waals surface area contributed by atoms with Gasteiger partial charge in [0.05, 0.1) is 18.5 Å². The van der Waals surface area contributed by atoms with E-state index in [0.29, 0.717) is 21.8 Å². The van der Waals surface area contributed by atoms with Crippen molar-refractivity contribution < 1.29 is 13.2 Å². The summed E-state index contributed by atoms with van der Waals surface area (Å²) in [5.41, 5.74) is 1.68. The van der Waals surface area contributed by atoms with E-state index in [4.69, 9.17) is 11.6 Å². The van der Waals surface area contributed by atoms with E-state index < -0.39 is 10.0 Å². The Labute approximate surface area is 166 Å². The molecule has 1 amide bonds. The van der Waals surface area contributed by atoms with E-state index in [0.717, 1.165) is 19.1 Å². The lowest BCUT2D eigenvalue weighted by Gasteiger charge is -2.23. The highest BCUT2D eigenvalue weighted by molar-refractivity contribution is 7.92. The topological polar surface area (TPSA) is 66.5 Å². The normalized spacial score (nSPS) is 12.4. The van der Waals surface area contributed by atoms with Crippen molar-refractivity contribution in [2.75, 3.05) is 10.6 Å². The average molecular weight is 409 g/mol. The van der Waals surface area contributed by atoms with Crippen molar-refractivity contribution in [2.24, 2.45) is 0 Å². The second kappa shape index (κ2) is 9.24. The van der Waals surface area contributed by atoms with E-state index in [1.54, 1.807) is 42.5 Å². The minimum Gasteiger partial charge on any atom is -0.350 e. The lowest BCUT2D eigenvalue weighted by Crippen LogP contribution is -2.32. The Morgan fingerprint density at radius 1 is 1.15 bits per heavy atom. The third-order valence-electron chi connectivity index (χ3n) is 4.19. The summed E-state index contributed by atoms with van der Waals surface area (Å²) in [6.45, 7) is 4.15. The monoisotopic (exact) mass is 408 g/mol. The zero-order chi connectivity index (χ0) is 20.0. The van der Waals surface area contributed by atoms with Crippen LogP contribution in [0.3, 0.4) is 0 Å². The van der Waals surface area contributed by atoms with Gasteiger partial charge in [0.2, 0.25) is 10.0 Å². The predicted octanol–water partition coefficient (Wildman–Crippen LogP) is 4.22. The third kappa shape index (κ3) is 5.97. The van der Waals surface area contributed by atoms with Crippen LogP contribution in [0.2, 0.25) is 5.02 Å². The van der Waals surface area contributed by atoms with Crippen LogP contribution in [0.25, 0.3) is 0 Å². The van der Waals surface area contributed by atoms with Crippen LogP contribution in [0.4, 0.5) is 5.69 Å². The lowest BCUT2D eigenvalue weighted by atomic mass is 10.1. The van der Waals surface area contributed by atoms with Gasteiger partial charge in [-0.2, -0.15) is 0 Å². The van der Waals surface area contributed by atoms with Gasteiger partial charge in [-0.05, 0) is 49.2 Å². The maximum absolute atomic E-state index is 12.3. The second-order valence-corrected chi connectivity index (χ2v) is 8.89. The third-order valence-corrected chi connectivity index (χ3v) is 5.70. The van der Waals surface area contributed by atoms with Crippen molar-refractivity contribution in [2.45, 2.75) is 39.3 Å². The van der Waals surface area contributed by atoms with Gasteiger partial charge in [-0.1, -0.05) is 43.1 Å². The van der Waals surface area contributed by atoms with Crippen molar-refractivity contribution in [3.8, 4) is 0 Å². The molecule has 2 aromatic carbocycles. The Morgan fingerprint density at radius 3 is 2.33 bits per heavy atom. The maximum atomic E-state index is 12.3. The predicted molar refractivity (Wildman–Crippen MR) is 111 cm³/mol. The number of rotatable bonds is 8. The summed E-state index contributed by atoms with van der Waals surface area (Å²) < 4.78 is 25.8. The summed E-state index contributed by atoms with van der Waals surface area (Å²) in [7, 11) is -3.52. The molecule has 0 spiro atoms. The first-order valence-electron chi connectivity index (χ1n) is 8.84. The van der Waals surface area contributed by atoms with Crippen LogP contribution < -0.4 is 9.62 Å². The zero-order valence-electron chi connectivity index (χ0n) is 15.8. The number of amides is 1. The van der Waals surface area contributed by atoms with Crippen LogP contribution in [-0.2, 0) is 16.6 Å². The van der Waals surface area contributed by atoms with Crippen LogP contribution in [-0.4, -0.2) is 26.6 Å². The number of carbonyl (C=O) groups excluding carboxylic acids is 1. The quantitative estimate of drug-likeness (QED) is 0.710. The van der Waals surface area contributed by atoms with Gasteiger partial charge in [0.15, 0.2) is 0 Å². The molecule has 0 radical (unpaired) electrons. The first-order chi connectivity index (χ1) is 12.7. The summed E-state index contributed by atoms with van der Waals surface area (Å²) in [6, 6.07) is 13.8. The van der Waals surface area contributed by atoms with Crippen LogP contribution in [0.15, 0.2) is 48.5 Å². The van der Waals surface area contributed by atoms with Crippen LogP contribution in [0, 0.1) is 0 Å². The second-order valence-electron chi connectivity index (χ2n) is 6.57. The number of carbonyl (C=O) groups is 1. The van der Waals surface area contributed by atoms with Gasteiger partial charge in [0, 0.05) is 16.6 Å². The van der Waals surface area contributed by atoms with Crippen molar-refractivity contribution in [3.63, 3.8) is 0 Å². The van der Waals surface area contributed by atoms with Gasteiger partial charge in [0.1, 0.15) is 0 Å². The highest BCUT2D eigenvalue weighted by atomic mass is 35.5. The van der Waals surface area contributed by atoms with Crippen LogP contribution >= 0.6 is 11.6 Å². The molecule has 1 N–H and O–H groups in total. The number of benzene rings is 2. The van der Waals surface area contributed by atoms with E-state index in [2.05, 4.69) is 12.2 Å². The largest absolute Gasteiger partial charge is 0.350 e. The standard InChI is InChI=1S/C20H25ClN2O3S/c1-4-7-15(2)22-20(24)16-10-12-18(13-11-16)23(27(3,25)26)14-17-8-5-6-9-19(17)21/h5-6,8-13,15H,4,7,14H2,1-3H3,(H,22,24)/t15-/m0/s1. The van der Waals surface area contributed by atoms with E-state index in [1.165, 1.54) is 4.31 Å². The fourth-order valence-corrected chi connectivity index (χ4v) is 3.85. The van der Waals surface area contributed by atoms with E-state index in [-0.39, 0.29) is 18.5 Å². The number of anilines is 1. The van der Waals surface area contributed by atoms with Crippen LogP contribution in [0.1, 0.15) is 42.6 Å². The first kappa shape index (κ1) is 21.3. The average Bonchev–Trinajstić information content (AvgIpc) is 2.60. The molecule has 0 saturated heterocycles. The Hall–Kier alpha value is -2.05. The molecule has 0 aliphatic carbocycles. The molecule has 0 heterocycles. The molecule has 5 nitrogen and oxygen atoms in total. The number of sulfonamides is 1. The number of nitrogens with zero attached hydrogens (tertiary/aromatic N) is 1. The van der Waals surface area contributed by atoms with Gasteiger partial charge in [0.25, 0.3) is 5.91 Å². The Bertz CT molecular complexity index is 882. The van der Waals surface area contributed by atoms with E-state index >= 15 is 0 Å². The fraction of sp³-hybridized carbons (Fsp3) is 0.350. The smallest absolute Gasteiger partial charge is 0.251 e. The molecule has 7 heteroatoms. The molecule has 0 fully saturated rings. The van der Waals surface area contributed by atoms with E-state index in [1.807, 2.05) is 13.0 Å².